The zero-order valence-electron chi connectivity index (χ0n) is 10.9. The summed E-state index contributed by atoms with van der Waals surface area (Å²) in [5.41, 5.74) is 7.09. The van der Waals surface area contributed by atoms with Gasteiger partial charge in [-0.15, -0.1) is 12.4 Å². The van der Waals surface area contributed by atoms with Gasteiger partial charge in [0.1, 0.15) is 0 Å². The molecule has 1 aromatic carbocycles. The van der Waals surface area contributed by atoms with Crippen LogP contribution in [0.25, 0.3) is 0 Å². The molecule has 1 aromatic rings. The van der Waals surface area contributed by atoms with Gasteiger partial charge in [0.15, 0.2) is 0 Å². The third-order valence-corrected chi connectivity index (χ3v) is 2.45. The van der Waals surface area contributed by atoms with E-state index in [9.17, 15) is 9.59 Å². The summed E-state index contributed by atoms with van der Waals surface area (Å²) in [4.78, 5) is 22.5. The van der Waals surface area contributed by atoms with Gasteiger partial charge in [-0.25, -0.2) is 4.79 Å². The van der Waals surface area contributed by atoms with Crippen LogP contribution in [0, 0.1) is 0 Å². The minimum Gasteiger partial charge on any atom is -0.466 e. The highest BCUT2D eigenvalue weighted by Gasteiger charge is 2.13. The van der Waals surface area contributed by atoms with Gasteiger partial charge in [-0.1, -0.05) is 12.1 Å². The Morgan fingerprint density at radius 2 is 1.84 bits per heavy atom. The summed E-state index contributed by atoms with van der Waals surface area (Å²) in [5, 5.41) is 0. The standard InChI is InChI=1S/C13H17NO4.ClH/c1-3-18-12(15)8-11(14)9-4-6-10(7-5-9)13(16)17-2;/h4-7,11H,3,8,14H2,1-2H3;1H/t11-;/m1./s1. The number of halogens is 1. The number of carbonyl (C=O) groups excluding carboxylic acids is 2. The summed E-state index contributed by atoms with van der Waals surface area (Å²) in [6, 6.07) is 6.21. The Balaban J connectivity index is 0.00000324. The predicted octanol–water partition coefficient (Wildman–Crippen LogP) is 1.85. The highest BCUT2D eigenvalue weighted by atomic mass is 35.5. The van der Waals surface area contributed by atoms with Gasteiger partial charge in [0.2, 0.25) is 0 Å². The lowest BCUT2D eigenvalue weighted by atomic mass is 10.0. The zero-order chi connectivity index (χ0) is 13.5. The van der Waals surface area contributed by atoms with Crippen LogP contribution in [-0.2, 0) is 14.3 Å². The molecule has 0 unspecified atom stereocenters. The number of rotatable bonds is 5. The molecule has 0 saturated heterocycles. The van der Waals surface area contributed by atoms with Crippen LogP contribution in [0.5, 0.6) is 0 Å². The molecule has 0 radical (unpaired) electrons. The molecular weight excluding hydrogens is 270 g/mol. The van der Waals surface area contributed by atoms with Crippen molar-refractivity contribution in [2.24, 2.45) is 5.73 Å². The fourth-order valence-corrected chi connectivity index (χ4v) is 1.50. The summed E-state index contributed by atoms with van der Waals surface area (Å²) < 4.78 is 9.41. The molecule has 6 heteroatoms. The van der Waals surface area contributed by atoms with Crippen LogP contribution < -0.4 is 5.73 Å². The molecule has 106 valence electrons. The number of hydrogen-bond donors (Lipinski definition) is 1. The van der Waals surface area contributed by atoms with Gasteiger partial charge in [-0.2, -0.15) is 0 Å². The number of methoxy groups -OCH3 is 1. The lowest BCUT2D eigenvalue weighted by Gasteiger charge is -2.11. The molecule has 2 N–H and O–H groups in total. The maximum Gasteiger partial charge on any atom is 0.337 e. The molecule has 0 amide bonds. The lowest BCUT2D eigenvalue weighted by Crippen LogP contribution is -2.17. The van der Waals surface area contributed by atoms with Crippen molar-refractivity contribution in [3.63, 3.8) is 0 Å². The third-order valence-electron chi connectivity index (χ3n) is 2.45. The molecule has 0 saturated carbocycles. The van der Waals surface area contributed by atoms with Gasteiger partial charge in [-0.05, 0) is 24.6 Å². The molecule has 0 spiro atoms. The topological polar surface area (TPSA) is 78.6 Å². The number of benzene rings is 1. The SMILES string of the molecule is CCOC(=O)C[C@@H](N)c1ccc(C(=O)OC)cc1.Cl. The maximum absolute atomic E-state index is 11.3. The van der Waals surface area contributed by atoms with E-state index in [2.05, 4.69) is 4.74 Å². The van der Waals surface area contributed by atoms with E-state index in [1.807, 2.05) is 0 Å². The van der Waals surface area contributed by atoms with Crippen molar-refractivity contribution in [1.82, 2.24) is 0 Å². The van der Waals surface area contributed by atoms with Gasteiger partial charge in [0.05, 0.1) is 25.7 Å². The molecule has 0 aromatic heterocycles. The summed E-state index contributed by atoms with van der Waals surface area (Å²) in [5.74, 6) is -0.734. The van der Waals surface area contributed by atoms with Crippen molar-refractivity contribution in [2.75, 3.05) is 13.7 Å². The number of nitrogens with two attached hydrogens (primary N) is 1. The molecule has 5 nitrogen and oxygen atoms in total. The predicted molar refractivity (Wildman–Crippen MR) is 73.2 cm³/mol. The quantitative estimate of drug-likeness (QED) is 0.836. The van der Waals surface area contributed by atoms with E-state index < -0.39 is 12.0 Å². The molecule has 19 heavy (non-hydrogen) atoms. The number of hydrogen-bond acceptors (Lipinski definition) is 5. The second-order valence-corrected chi connectivity index (χ2v) is 3.73. The van der Waals surface area contributed by atoms with Crippen LogP contribution >= 0.6 is 12.4 Å². The summed E-state index contributed by atoms with van der Waals surface area (Å²) in [6.07, 6.45) is 0.116. The Morgan fingerprint density at radius 1 is 1.26 bits per heavy atom. The van der Waals surface area contributed by atoms with Gasteiger partial charge in [0, 0.05) is 6.04 Å². The van der Waals surface area contributed by atoms with Crippen LogP contribution in [0.4, 0.5) is 0 Å². The molecular formula is C13H18ClNO4. The lowest BCUT2D eigenvalue weighted by molar-refractivity contribution is -0.143. The average molecular weight is 288 g/mol. The van der Waals surface area contributed by atoms with Crippen molar-refractivity contribution in [1.29, 1.82) is 0 Å². The largest absolute Gasteiger partial charge is 0.466 e. The van der Waals surface area contributed by atoms with Gasteiger partial charge in [-0.3, -0.25) is 4.79 Å². The first-order valence-electron chi connectivity index (χ1n) is 5.68. The smallest absolute Gasteiger partial charge is 0.337 e. The minimum atomic E-state index is -0.434. The van der Waals surface area contributed by atoms with E-state index in [-0.39, 0.29) is 24.8 Å². The zero-order valence-corrected chi connectivity index (χ0v) is 11.7. The minimum absolute atomic E-state index is 0. The Hall–Kier alpha value is -1.59. The number of ether oxygens (including phenoxy) is 2. The Labute approximate surface area is 118 Å². The monoisotopic (exact) mass is 287 g/mol. The fraction of sp³-hybridized carbons (Fsp3) is 0.385. The molecule has 0 bridgehead atoms. The van der Waals surface area contributed by atoms with Crippen molar-refractivity contribution >= 4 is 24.3 Å². The maximum atomic E-state index is 11.3. The van der Waals surface area contributed by atoms with Crippen LogP contribution in [0.15, 0.2) is 24.3 Å². The van der Waals surface area contributed by atoms with E-state index in [4.69, 9.17) is 10.5 Å². The van der Waals surface area contributed by atoms with Crippen molar-refractivity contribution in [3.8, 4) is 0 Å². The molecule has 1 rings (SSSR count). The van der Waals surface area contributed by atoms with Crippen molar-refractivity contribution in [2.45, 2.75) is 19.4 Å². The van der Waals surface area contributed by atoms with E-state index in [1.165, 1.54) is 7.11 Å². The van der Waals surface area contributed by atoms with Crippen molar-refractivity contribution < 1.29 is 19.1 Å². The molecule has 0 aliphatic heterocycles. The molecule has 0 heterocycles. The van der Waals surface area contributed by atoms with Gasteiger partial charge >= 0.3 is 11.9 Å². The van der Waals surface area contributed by atoms with Crippen LogP contribution in [-0.4, -0.2) is 25.7 Å². The van der Waals surface area contributed by atoms with Crippen LogP contribution in [0.2, 0.25) is 0 Å². The second kappa shape index (κ2) is 8.50. The van der Waals surface area contributed by atoms with Gasteiger partial charge in [0.25, 0.3) is 0 Å². The second-order valence-electron chi connectivity index (χ2n) is 3.73. The first kappa shape index (κ1) is 17.4. The molecule has 0 aliphatic carbocycles. The highest BCUT2D eigenvalue weighted by molar-refractivity contribution is 5.89. The average Bonchev–Trinajstić information content (AvgIpc) is 2.38. The van der Waals surface area contributed by atoms with E-state index in [0.29, 0.717) is 12.2 Å². The Kier molecular flexibility index (Phi) is 7.79. The first-order chi connectivity index (χ1) is 8.58. The van der Waals surface area contributed by atoms with Gasteiger partial charge < -0.3 is 15.2 Å². The number of esters is 2. The molecule has 0 aliphatic rings. The van der Waals surface area contributed by atoms with E-state index in [1.54, 1.807) is 31.2 Å². The molecule has 1 atom stereocenters. The van der Waals surface area contributed by atoms with Crippen molar-refractivity contribution in [3.05, 3.63) is 35.4 Å². The fourth-order valence-electron chi connectivity index (χ4n) is 1.50. The first-order valence-corrected chi connectivity index (χ1v) is 5.68. The highest BCUT2D eigenvalue weighted by Crippen LogP contribution is 2.15. The van der Waals surface area contributed by atoms with E-state index in [0.717, 1.165) is 5.56 Å². The third kappa shape index (κ3) is 5.28. The Morgan fingerprint density at radius 3 is 2.32 bits per heavy atom. The van der Waals surface area contributed by atoms with Crippen LogP contribution in [0.3, 0.4) is 0 Å². The normalized spacial score (nSPS) is 11.1. The van der Waals surface area contributed by atoms with E-state index >= 15 is 0 Å². The van der Waals surface area contributed by atoms with Crippen LogP contribution in [0.1, 0.15) is 35.3 Å². The number of carbonyl (C=O) groups is 2. The Bertz CT molecular complexity index is 419. The summed E-state index contributed by atoms with van der Waals surface area (Å²) in [6.45, 7) is 2.08. The summed E-state index contributed by atoms with van der Waals surface area (Å²) >= 11 is 0. The molecule has 0 fully saturated rings. The summed E-state index contributed by atoms with van der Waals surface area (Å²) in [7, 11) is 1.32.